The summed E-state index contributed by atoms with van der Waals surface area (Å²) in [7, 11) is 4.05. The Morgan fingerprint density at radius 3 is 1.08 bits per heavy atom. The number of aliphatic imine (C=N–C) groups is 4. The molecule has 0 bridgehead atoms. The lowest BCUT2D eigenvalue weighted by atomic mass is 9.78. The molecular formula is C99H99BBr2F10N10O15. The van der Waals surface area contributed by atoms with Crippen molar-refractivity contribution in [1.29, 1.82) is 0 Å². The zero-order chi connectivity index (χ0) is 99.5. The lowest BCUT2D eigenvalue weighted by Crippen LogP contribution is -2.41. The molecule has 25 nitrogen and oxygen atoms in total. The standard InChI is InChI=1S/C30H30F3N3O5.C25H22F3N3O3.C22H25BrF2N2O5.C14H17BFNO2.C8H5BrFN/c1-30(2,3)41-29(38)35-16-24(19-6-5-7-21(12-19)39-4)36-27(37)23-14-18(10-11-25(23)40-28(32)33)17-8-9-20-15-34-26(31)22(20)13-17;1-33-18-4-2-3-16(9-18)21(12-29)31-24(32)20-11-15(7-8-22(20)34-25(27)28)14-5-6-17-13-30-23(26)19(17)10-14;1-22(2,3)32-21(29)26-12-17(13-6-5-7-15(10-13)30-4)27-19(28)16-11-14(23)8-9-18(16)31-20(24)25;1-13(2)14(3,4)19-15(18-13)10-6-5-9-8-17-12(16)11(9)7-10;9-6-2-1-5-4-11-8(10)7(5)3-6/h5-14,24,28H,15-16H2,1-4H3,(H,35,38)(H,36,37);2-11,21,25H,12-13,29H2,1H3,(H,31,32);5-11,17,20H,12H2,1-4H3,(H,26,29)(H,27,28);5-7H,8H2,1-4H3;1-3H,4H2. The number of alkyl carbamates (subject to hydrolysis) is 2. The van der Waals surface area contributed by atoms with Gasteiger partial charge in [0.25, 0.3) is 17.7 Å². The third kappa shape index (κ3) is 28.5. The van der Waals surface area contributed by atoms with Crippen LogP contribution in [0, 0.1) is 0 Å². The van der Waals surface area contributed by atoms with Crippen LogP contribution < -0.4 is 66.2 Å². The van der Waals surface area contributed by atoms with E-state index in [-0.39, 0.29) is 83.8 Å². The first-order valence-corrected chi connectivity index (χ1v) is 44.2. The molecule has 0 aliphatic carbocycles. The molecule has 0 saturated carbocycles. The van der Waals surface area contributed by atoms with E-state index in [0.717, 1.165) is 32.2 Å². The average Bonchev–Trinajstić information content (AvgIpc) is 1.61. The van der Waals surface area contributed by atoms with E-state index in [1.807, 2.05) is 52.0 Å². The molecule has 0 radical (unpaired) electrons. The number of nitrogens with zero attached hydrogens (tertiary/aromatic N) is 4. The summed E-state index contributed by atoms with van der Waals surface area (Å²) in [4.78, 5) is 79.2. The summed E-state index contributed by atoms with van der Waals surface area (Å²) < 4.78 is 186. The fourth-order valence-corrected chi connectivity index (χ4v) is 14.9. The van der Waals surface area contributed by atoms with Crippen molar-refractivity contribution in [3.63, 3.8) is 0 Å². The van der Waals surface area contributed by atoms with Crippen LogP contribution in [0.3, 0.4) is 0 Å². The lowest BCUT2D eigenvalue weighted by Gasteiger charge is -2.32. The molecule has 5 aliphatic heterocycles. The first kappa shape index (κ1) is 104. The maximum absolute atomic E-state index is 14.1. The van der Waals surface area contributed by atoms with E-state index in [1.165, 1.54) is 75.9 Å². The third-order valence-corrected chi connectivity index (χ3v) is 22.7. The van der Waals surface area contributed by atoms with Gasteiger partial charge in [-0.1, -0.05) is 129 Å². The van der Waals surface area contributed by atoms with Crippen molar-refractivity contribution in [2.75, 3.05) is 41.0 Å². The van der Waals surface area contributed by atoms with Crippen LogP contribution in [-0.4, -0.2) is 144 Å². The van der Waals surface area contributed by atoms with Crippen molar-refractivity contribution >= 4 is 98.2 Å². The Bertz CT molecular complexity index is 6190. The van der Waals surface area contributed by atoms with Crippen molar-refractivity contribution in [2.24, 2.45) is 25.7 Å². The first-order valence-electron chi connectivity index (χ1n) is 42.6. The number of fused-ring (bicyclic) bond motifs is 4. The number of carbonyl (C=O) groups is 5. The Hall–Kier alpha value is -13.2. The summed E-state index contributed by atoms with van der Waals surface area (Å²) in [5.41, 5.74) is 13.4. The SMILES string of the molecule is CC1(C)OB(c2ccc3c(c2)C(F)=NC3)OC1(C)C.COc1cccc(C(CN)NC(=O)c2cc(-c3ccc4c(c3)C(F)=NC4)ccc2OC(F)F)c1.COc1cccc(C(CNC(=O)OC(C)(C)C)NC(=O)c2cc(-c3ccc4c(c3)C(F)=NC4)ccc2OC(F)F)c1.COc1cccc(C(CNC(=O)OC(C)(C)C)NC(=O)c2cc(Br)ccc2OC(F)F)c1.FC1=NCc2ccc(Br)cc21. The van der Waals surface area contributed by atoms with Crippen LogP contribution in [-0.2, 0) is 45.0 Å². The van der Waals surface area contributed by atoms with Crippen molar-refractivity contribution < 1.29 is 115 Å². The Morgan fingerprint density at radius 1 is 0.409 bits per heavy atom. The Kier molecular flexibility index (Phi) is 35.1. The molecule has 137 heavy (non-hydrogen) atoms. The molecule has 722 valence electrons. The van der Waals surface area contributed by atoms with Gasteiger partial charge in [-0.25, -0.2) is 9.59 Å². The molecule has 5 heterocycles. The van der Waals surface area contributed by atoms with Gasteiger partial charge < -0.3 is 79.5 Å². The smallest absolute Gasteiger partial charge is 0.494 e. The fraction of sp³-hybridized carbons (Fsp3) is 0.303. The molecule has 1 saturated heterocycles. The highest BCUT2D eigenvalue weighted by atomic mass is 79.9. The topological polar surface area (TPSA) is 313 Å². The Labute approximate surface area is 801 Å². The summed E-state index contributed by atoms with van der Waals surface area (Å²) in [5.74, 6) is -3.21. The second kappa shape index (κ2) is 46.1. The van der Waals surface area contributed by atoms with E-state index in [9.17, 15) is 67.9 Å². The molecule has 0 spiro atoms. The summed E-state index contributed by atoms with van der Waals surface area (Å²) in [5, 5.41) is 13.6. The maximum atomic E-state index is 14.1. The van der Waals surface area contributed by atoms with Crippen molar-refractivity contribution in [3.8, 4) is 56.8 Å². The zero-order valence-corrected chi connectivity index (χ0v) is 79.7. The van der Waals surface area contributed by atoms with Gasteiger partial charge in [0.05, 0.1) is 93.5 Å². The normalized spacial score (nSPS) is 14.5. The minimum absolute atomic E-state index is 0.0210. The summed E-state index contributed by atoms with van der Waals surface area (Å²) in [6.45, 7) is 10.3. The average molecular weight is 2030 g/mol. The molecular weight excluding hydrogens is 1930 g/mol. The number of hydrogen-bond donors (Lipinski definition) is 6. The van der Waals surface area contributed by atoms with Crippen molar-refractivity contribution in [1.82, 2.24) is 26.6 Å². The number of nitrogens with one attached hydrogen (secondary N) is 5. The van der Waals surface area contributed by atoms with E-state index in [4.69, 9.17) is 38.7 Å². The number of carbonyl (C=O) groups excluding carboxylic acids is 5. The summed E-state index contributed by atoms with van der Waals surface area (Å²) in [6.07, 6.45) is -1.36. The zero-order valence-electron chi connectivity index (χ0n) is 76.6. The third-order valence-electron chi connectivity index (χ3n) is 21.7. The van der Waals surface area contributed by atoms with Gasteiger partial charge in [0.2, 0.25) is 23.9 Å². The number of amides is 5. The van der Waals surface area contributed by atoms with Gasteiger partial charge in [0, 0.05) is 50.8 Å². The van der Waals surface area contributed by atoms with Gasteiger partial charge in [-0.3, -0.25) is 34.4 Å². The number of benzene rings is 10. The predicted molar refractivity (Wildman–Crippen MR) is 507 cm³/mol. The number of hydrogen-bond acceptors (Lipinski definition) is 20. The Morgan fingerprint density at radius 2 is 0.715 bits per heavy atom. The van der Waals surface area contributed by atoms with Gasteiger partial charge in [0.1, 0.15) is 45.7 Å². The second-order valence-corrected chi connectivity index (χ2v) is 35.9. The number of methoxy groups -OCH3 is 3. The Balaban J connectivity index is 0.000000172. The van der Waals surface area contributed by atoms with Gasteiger partial charge in [-0.15, -0.1) is 0 Å². The van der Waals surface area contributed by atoms with Gasteiger partial charge in [0.15, 0.2) is 0 Å². The highest BCUT2D eigenvalue weighted by Gasteiger charge is 2.52. The van der Waals surface area contributed by atoms with Crippen LogP contribution in [0.5, 0.6) is 34.5 Å². The summed E-state index contributed by atoms with van der Waals surface area (Å²) in [6, 6.07) is 52.4. The molecule has 5 amide bonds. The number of ether oxygens (including phenoxy) is 8. The molecule has 5 aliphatic rings. The van der Waals surface area contributed by atoms with Crippen LogP contribution in [0.1, 0.15) is 180 Å². The van der Waals surface area contributed by atoms with Crippen molar-refractivity contribution in [2.45, 2.75) is 156 Å². The monoisotopic (exact) mass is 2030 g/mol. The molecule has 3 atom stereocenters. The molecule has 15 rings (SSSR count). The second-order valence-electron chi connectivity index (χ2n) is 34.1. The lowest BCUT2D eigenvalue weighted by molar-refractivity contribution is -0.0509. The van der Waals surface area contributed by atoms with E-state index >= 15 is 0 Å². The highest BCUT2D eigenvalue weighted by Crippen LogP contribution is 2.40. The molecule has 3 unspecified atom stereocenters. The van der Waals surface area contributed by atoms with Crippen LogP contribution in [0.2, 0.25) is 0 Å². The molecule has 7 N–H and O–H groups in total. The quantitative estimate of drug-likeness (QED) is 0.0217. The van der Waals surface area contributed by atoms with Crippen LogP contribution in [0.4, 0.5) is 53.5 Å². The largest absolute Gasteiger partial charge is 0.497 e. The van der Waals surface area contributed by atoms with E-state index in [2.05, 4.69) is 92.6 Å². The number of rotatable bonds is 26. The van der Waals surface area contributed by atoms with Crippen LogP contribution in [0.25, 0.3) is 22.3 Å². The van der Waals surface area contributed by atoms with Gasteiger partial charge in [-0.05, 0) is 239 Å². The predicted octanol–water partition coefficient (Wildman–Crippen LogP) is 20.8. The first-order chi connectivity index (χ1) is 64.9. The minimum Gasteiger partial charge on any atom is -0.497 e. The van der Waals surface area contributed by atoms with E-state index < -0.39 is 104 Å². The minimum atomic E-state index is -3.18. The van der Waals surface area contributed by atoms with E-state index in [0.29, 0.717) is 96.0 Å². The number of halogens is 12. The number of nitrogens with two attached hydrogens (primary N) is 1. The van der Waals surface area contributed by atoms with Gasteiger partial charge in [-0.2, -0.15) is 43.9 Å². The van der Waals surface area contributed by atoms with E-state index in [1.54, 1.807) is 163 Å². The van der Waals surface area contributed by atoms with Gasteiger partial charge >= 0.3 is 39.1 Å². The molecule has 0 aromatic heterocycles. The molecule has 1 fully saturated rings. The molecule has 38 heteroatoms. The molecule has 10 aromatic carbocycles. The highest BCUT2D eigenvalue weighted by molar-refractivity contribution is 9.10. The van der Waals surface area contributed by atoms with Crippen LogP contribution in [0.15, 0.2) is 229 Å². The van der Waals surface area contributed by atoms with Crippen molar-refractivity contribution in [3.05, 3.63) is 287 Å². The maximum Gasteiger partial charge on any atom is 0.494 e. The number of alkyl halides is 6. The fourth-order valence-electron chi connectivity index (χ4n) is 14.2. The molecule has 10 aromatic rings. The van der Waals surface area contributed by atoms with Crippen LogP contribution >= 0.6 is 31.9 Å². The summed E-state index contributed by atoms with van der Waals surface area (Å²) >= 11 is 6.50.